The third-order valence-electron chi connectivity index (χ3n) is 5.46. The van der Waals surface area contributed by atoms with E-state index in [0.29, 0.717) is 27.4 Å². The number of rotatable bonds is 8. The molecule has 1 amide bonds. The number of halogens is 2. The summed E-state index contributed by atoms with van der Waals surface area (Å²) in [6.07, 6.45) is 1.34. The van der Waals surface area contributed by atoms with E-state index in [9.17, 15) is 13.2 Å². The van der Waals surface area contributed by atoms with Crippen LogP contribution in [0.2, 0.25) is 10.2 Å². The summed E-state index contributed by atoms with van der Waals surface area (Å²) >= 11 is 12.4. The number of hydrogen-bond acceptors (Lipinski definition) is 6. The monoisotopic (exact) mass is 556 g/mol. The smallest absolute Gasteiger partial charge is 0.264 e. The molecule has 0 unspecified atom stereocenters. The zero-order chi connectivity index (χ0) is 26.6. The van der Waals surface area contributed by atoms with Crippen LogP contribution in [-0.2, 0) is 14.8 Å². The maximum absolute atomic E-state index is 13.5. The Balaban J connectivity index is 1.58. The Morgan fingerprint density at radius 2 is 1.84 bits per heavy atom. The number of anilines is 1. The fourth-order valence-corrected chi connectivity index (χ4v) is 5.43. The second kappa shape index (κ2) is 11.2. The summed E-state index contributed by atoms with van der Waals surface area (Å²) in [7, 11) is -2.52. The minimum atomic E-state index is -4.08. The molecule has 0 bridgehead atoms. The Bertz CT molecular complexity index is 1600. The Hall–Kier alpha value is -3.66. The highest BCUT2D eigenvalue weighted by molar-refractivity contribution is 7.92. The molecule has 11 heteroatoms. The maximum atomic E-state index is 13.5. The van der Waals surface area contributed by atoms with Crippen molar-refractivity contribution >= 4 is 61.9 Å². The van der Waals surface area contributed by atoms with Crippen LogP contribution in [0.5, 0.6) is 5.75 Å². The van der Waals surface area contributed by atoms with Crippen LogP contribution in [0, 0.1) is 6.92 Å². The lowest BCUT2D eigenvalue weighted by Gasteiger charge is -2.25. The molecule has 0 radical (unpaired) electrons. The van der Waals surface area contributed by atoms with Crippen molar-refractivity contribution in [3.05, 3.63) is 94.1 Å². The number of sulfonamides is 1. The van der Waals surface area contributed by atoms with Crippen LogP contribution in [0.1, 0.15) is 11.1 Å². The van der Waals surface area contributed by atoms with Crippen molar-refractivity contribution in [3.8, 4) is 5.75 Å². The number of amides is 1. The molecular formula is C26H22Cl2N4O4S. The van der Waals surface area contributed by atoms with Gasteiger partial charge in [0.1, 0.15) is 17.4 Å². The molecule has 4 aromatic rings. The van der Waals surface area contributed by atoms with Gasteiger partial charge in [0.25, 0.3) is 15.9 Å². The van der Waals surface area contributed by atoms with Crippen molar-refractivity contribution in [2.24, 2.45) is 5.10 Å². The normalized spacial score (nSPS) is 11.6. The Labute approximate surface area is 224 Å². The van der Waals surface area contributed by atoms with Crippen LogP contribution in [0.15, 0.2) is 82.8 Å². The van der Waals surface area contributed by atoms with Crippen molar-refractivity contribution < 1.29 is 17.9 Å². The predicted octanol–water partition coefficient (Wildman–Crippen LogP) is 5.20. The maximum Gasteiger partial charge on any atom is 0.264 e. The van der Waals surface area contributed by atoms with Crippen molar-refractivity contribution in [1.29, 1.82) is 0 Å². The van der Waals surface area contributed by atoms with Gasteiger partial charge in [-0.25, -0.2) is 18.8 Å². The molecule has 0 atom stereocenters. The predicted molar refractivity (Wildman–Crippen MR) is 146 cm³/mol. The second-order valence-electron chi connectivity index (χ2n) is 7.98. The van der Waals surface area contributed by atoms with E-state index in [-0.39, 0.29) is 15.7 Å². The summed E-state index contributed by atoms with van der Waals surface area (Å²) in [5.41, 5.74) is 4.40. The number of benzene rings is 3. The number of methoxy groups -OCH3 is 1. The summed E-state index contributed by atoms with van der Waals surface area (Å²) in [6, 6.07) is 19.8. The molecule has 0 saturated carbocycles. The quantitative estimate of drug-likeness (QED) is 0.182. The summed E-state index contributed by atoms with van der Waals surface area (Å²) in [5, 5.41) is 5.28. The number of pyridine rings is 1. The van der Waals surface area contributed by atoms with Crippen LogP contribution in [0.4, 0.5) is 5.69 Å². The molecule has 4 rings (SSSR count). The summed E-state index contributed by atoms with van der Waals surface area (Å²) in [6.45, 7) is 1.21. The summed E-state index contributed by atoms with van der Waals surface area (Å²) in [4.78, 5) is 17.2. The van der Waals surface area contributed by atoms with E-state index < -0.39 is 22.5 Å². The van der Waals surface area contributed by atoms with Gasteiger partial charge in [-0.05, 0) is 55.0 Å². The van der Waals surface area contributed by atoms with Gasteiger partial charge in [0.2, 0.25) is 0 Å². The molecule has 1 N–H and O–H groups in total. The number of carbonyl (C=O) groups excluding carboxylic acids is 1. The lowest BCUT2D eigenvalue weighted by molar-refractivity contribution is -0.119. The number of aryl methyl sites for hydroxylation is 1. The number of hydrogen-bond donors (Lipinski definition) is 1. The lowest BCUT2D eigenvalue weighted by atomic mass is 10.1. The van der Waals surface area contributed by atoms with Crippen molar-refractivity contribution in [3.63, 3.8) is 0 Å². The molecule has 1 heterocycles. The standard InChI is InChI=1S/C26H22Cl2N4O4S/c1-17-8-10-20(27)13-24(17)32(37(34,35)22-6-4-3-5-7-22)16-25(33)31-29-15-19-12-18-9-11-21(36-2)14-23(18)30-26(19)28/h3-15H,16H2,1-2H3,(H,31,33)/b29-15+. The van der Waals surface area contributed by atoms with E-state index in [1.807, 2.05) is 6.07 Å². The number of hydrazone groups is 1. The minimum absolute atomic E-state index is 0.0383. The molecule has 0 saturated heterocycles. The molecule has 190 valence electrons. The Kier molecular flexibility index (Phi) is 7.97. The average Bonchev–Trinajstić information content (AvgIpc) is 2.89. The number of carbonyl (C=O) groups is 1. The van der Waals surface area contributed by atoms with Gasteiger partial charge in [-0.15, -0.1) is 0 Å². The van der Waals surface area contributed by atoms with Gasteiger partial charge in [-0.2, -0.15) is 5.10 Å². The SMILES string of the molecule is COc1ccc2cc(/C=N/NC(=O)CN(c3cc(Cl)ccc3C)S(=O)(=O)c3ccccc3)c(Cl)nc2c1. The molecule has 0 fully saturated rings. The molecule has 37 heavy (non-hydrogen) atoms. The van der Waals surface area contributed by atoms with Gasteiger partial charge in [-0.3, -0.25) is 9.10 Å². The molecule has 3 aromatic carbocycles. The van der Waals surface area contributed by atoms with Crippen molar-refractivity contribution in [2.75, 3.05) is 18.0 Å². The van der Waals surface area contributed by atoms with Crippen LogP contribution in [0.25, 0.3) is 10.9 Å². The van der Waals surface area contributed by atoms with Gasteiger partial charge in [0.15, 0.2) is 0 Å². The molecule has 0 aliphatic carbocycles. The summed E-state index contributed by atoms with van der Waals surface area (Å²) < 4.78 is 33.2. The molecular weight excluding hydrogens is 535 g/mol. The minimum Gasteiger partial charge on any atom is -0.497 e. The van der Waals surface area contributed by atoms with Gasteiger partial charge in [0, 0.05) is 22.0 Å². The molecule has 8 nitrogen and oxygen atoms in total. The van der Waals surface area contributed by atoms with E-state index in [4.69, 9.17) is 27.9 Å². The topological polar surface area (TPSA) is 101 Å². The molecule has 0 aliphatic heterocycles. The van der Waals surface area contributed by atoms with Gasteiger partial charge < -0.3 is 4.74 Å². The number of nitrogens with one attached hydrogen (secondary N) is 1. The first kappa shape index (κ1) is 26.4. The van der Waals surface area contributed by atoms with Gasteiger partial charge in [-0.1, -0.05) is 47.5 Å². The lowest BCUT2D eigenvalue weighted by Crippen LogP contribution is -2.40. The van der Waals surface area contributed by atoms with Gasteiger partial charge >= 0.3 is 0 Å². The highest BCUT2D eigenvalue weighted by atomic mass is 35.5. The first-order valence-corrected chi connectivity index (χ1v) is 13.2. The van der Waals surface area contributed by atoms with E-state index >= 15 is 0 Å². The number of nitrogens with zero attached hydrogens (tertiary/aromatic N) is 3. The first-order valence-electron chi connectivity index (χ1n) is 11.0. The highest BCUT2D eigenvalue weighted by Crippen LogP contribution is 2.29. The average molecular weight is 557 g/mol. The second-order valence-corrected chi connectivity index (χ2v) is 10.6. The van der Waals surface area contributed by atoms with E-state index in [2.05, 4.69) is 15.5 Å². The molecule has 0 spiro atoms. The summed E-state index contributed by atoms with van der Waals surface area (Å²) in [5.74, 6) is -0.0144. The van der Waals surface area contributed by atoms with Crippen LogP contribution in [0.3, 0.4) is 0 Å². The molecule has 1 aromatic heterocycles. The zero-order valence-corrected chi connectivity index (χ0v) is 22.2. The largest absolute Gasteiger partial charge is 0.497 e. The van der Waals surface area contributed by atoms with E-state index in [1.54, 1.807) is 62.6 Å². The van der Waals surface area contributed by atoms with Crippen LogP contribution < -0.4 is 14.5 Å². The molecule has 0 aliphatic rings. The number of aromatic nitrogens is 1. The van der Waals surface area contributed by atoms with Gasteiger partial charge in [0.05, 0.1) is 29.4 Å². The van der Waals surface area contributed by atoms with Crippen LogP contribution in [-0.4, -0.2) is 39.2 Å². The van der Waals surface area contributed by atoms with E-state index in [1.165, 1.54) is 24.4 Å². The fourth-order valence-electron chi connectivity index (χ4n) is 3.57. The Morgan fingerprint density at radius 3 is 2.57 bits per heavy atom. The fraction of sp³-hybridized carbons (Fsp3) is 0.115. The van der Waals surface area contributed by atoms with E-state index in [0.717, 1.165) is 9.69 Å². The zero-order valence-electron chi connectivity index (χ0n) is 19.9. The number of ether oxygens (including phenoxy) is 1. The third kappa shape index (κ3) is 6.02. The highest BCUT2D eigenvalue weighted by Gasteiger charge is 2.28. The number of fused-ring (bicyclic) bond motifs is 1. The first-order chi connectivity index (χ1) is 17.7. The van der Waals surface area contributed by atoms with Crippen LogP contribution >= 0.6 is 23.2 Å². The van der Waals surface area contributed by atoms with Crippen molar-refractivity contribution in [1.82, 2.24) is 10.4 Å². The van der Waals surface area contributed by atoms with Crippen molar-refractivity contribution in [2.45, 2.75) is 11.8 Å². The third-order valence-corrected chi connectivity index (χ3v) is 7.77. The Morgan fingerprint density at radius 1 is 1.08 bits per heavy atom.